The van der Waals surface area contributed by atoms with Gasteiger partial charge in [-0.15, -0.1) is 0 Å². The van der Waals surface area contributed by atoms with Gasteiger partial charge in [-0.05, 0) is 66.1 Å². The SMILES string of the molecule is O=C1Nc2cc(Cl)ccc2[C@@]12[C@H](c1cccc(Cl)c1)CCN[C@H]2c1ccc(F)c(F)c1. The van der Waals surface area contributed by atoms with Gasteiger partial charge in [0.15, 0.2) is 11.6 Å². The maximum Gasteiger partial charge on any atom is 0.237 e. The third kappa shape index (κ3) is 3.15. The summed E-state index contributed by atoms with van der Waals surface area (Å²) in [5.41, 5.74) is 1.73. The van der Waals surface area contributed by atoms with Crippen LogP contribution in [0.4, 0.5) is 14.5 Å². The molecule has 0 radical (unpaired) electrons. The predicted octanol–water partition coefficient (Wildman–Crippen LogP) is 5.98. The monoisotopic (exact) mass is 458 g/mol. The van der Waals surface area contributed by atoms with Crippen LogP contribution in [0.25, 0.3) is 0 Å². The van der Waals surface area contributed by atoms with E-state index in [0.29, 0.717) is 34.3 Å². The molecule has 2 aliphatic rings. The molecule has 2 aliphatic heterocycles. The molecule has 7 heteroatoms. The van der Waals surface area contributed by atoms with Crippen molar-refractivity contribution in [2.45, 2.75) is 23.8 Å². The third-order valence-corrected chi connectivity index (χ3v) is 6.84. The Hall–Kier alpha value is -2.47. The molecular weight excluding hydrogens is 441 g/mol. The molecule has 0 bridgehead atoms. The van der Waals surface area contributed by atoms with E-state index in [-0.39, 0.29) is 11.8 Å². The van der Waals surface area contributed by atoms with E-state index < -0.39 is 23.1 Å². The molecule has 5 rings (SSSR count). The van der Waals surface area contributed by atoms with E-state index in [0.717, 1.165) is 23.3 Å². The zero-order valence-corrected chi connectivity index (χ0v) is 17.8. The van der Waals surface area contributed by atoms with Crippen LogP contribution in [0.5, 0.6) is 0 Å². The smallest absolute Gasteiger partial charge is 0.237 e. The van der Waals surface area contributed by atoms with Crippen molar-refractivity contribution in [3.05, 3.63) is 99.0 Å². The first-order valence-electron chi connectivity index (χ1n) is 9.96. The van der Waals surface area contributed by atoms with Gasteiger partial charge >= 0.3 is 0 Å². The van der Waals surface area contributed by atoms with Gasteiger partial charge in [0.2, 0.25) is 5.91 Å². The third-order valence-electron chi connectivity index (χ3n) is 6.37. The van der Waals surface area contributed by atoms with Crippen molar-refractivity contribution in [2.75, 3.05) is 11.9 Å². The van der Waals surface area contributed by atoms with Crippen LogP contribution < -0.4 is 10.6 Å². The van der Waals surface area contributed by atoms with Crippen LogP contribution >= 0.6 is 23.2 Å². The topological polar surface area (TPSA) is 41.1 Å². The summed E-state index contributed by atoms with van der Waals surface area (Å²) in [6.45, 7) is 0.596. The number of halogens is 4. The summed E-state index contributed by atoms with van der Waals surface area (Å²) in [5.74, 6) is -2.33. The lowest BCUT2D eigenvalue weighted by Gasteiger charge is -2.47. The molecule has 1 spiro atoms. The van der Waals surface area contributed by atoms with E-state index in [4.69, 9.17) is 23.2 Å². The van der Waals surface area contributed by atoms with Gasteiger partial charge in [-0.3, -0.25) is 4.79 Å². The number of nitrogens with one attached hydrogen (secondary N) is 2. The molecule has 0 aromatic heterocycles. The molecule has 3 nitrogen and oxygen atoms in total. The summed E-state index contributed by atoms with van der Waals surface area (Å²) < 4.78 is 27.9. The van der Waals surface area contributed by atoms with Crippen LogP contribution in [0.3, 0.4) is 0 Å². The van der Waals surface area contributed by atoms with E-state index in [1.165, 1.54) is 6.07 Å². The molecule has 3 aromatic carbocycles. The fourth-order valence-electron chi connectivity index (χ4n) is 5.15. The number of benzene rings is 3. The van der Waals surface area contributed by atoms with Crippen molar-refractivity contribution < 1.29 is 13.6 Å². The minimum atomic E-state index is -1.09. The molecule has 2 heterocycles. The number of rotatable bonds is 2. The standard InChI is InChI=1S/C24H18Cl2F2N2O/c25-15-3-1-2-13(10-15)17-8-9-29-22(14-4-7-19(27)20(28)11-14)24(17)18-6-5-16(26)12-21(18)30-23(24)31/h1-7,10-12,17,22,29H,8-9H2,(H,30,31)/t17-,22-,24+/m0/s1. The molecule has 0 saturated carbocycles. The highest BCUT2D eigenvalue weighted by atomic mass is 35.5. The molecule has 0 aliphatic carbocycles. The second-order valence-electron chi connectivity index (χ2n) is 7.97. The van der Waals surface area contributed by atoms with Crippen LogP contribution in [0, 0.1) is 11.6 Å². The molecule has 0 unspecified atom stereocenters. The van der Waals surface area contributed by atoms with Gasteiger partial charge in [0.1, 0.15) is 5.41 Å². The highest BCUT2D eigenvalue weighted by Crippen LogP contribution is 2.57. The fraction of sp³-hybridized carbons (Fsp3) is 0.208. The number of amides is 1. The zero-order chi connectivity index (χ0) is 21.8. The maximum atomic E-state index is 14.2. The van der Waals surface area contributed by atoms with E-state index in [2.05, 4.69) is 10.6 Å². The Kier molecular flexibility index (Phi) is 5.00. The Morgan fingerprint density at radius 1 is 0.903 bits per heavy atom. The molecule has 3 atom stereocenters. The van der Waals surface area contributed by atoms with Crippen molar-refractivity contribution in [1.82, 2.24) is 5.32 Å². The van der Waals surface area contributed by atoms with Gasteiger partial charge in [0.25, 0.3) is 0 Å². The van der Waals surface area contributed by atoms with Crippen LogP contribution in [0.15, 0.2) is 60.7 Å². The summed E-state index contributed by atoms with van der Waals surface area (Å²) in [6.07, 6.45) is 0.663. The maximum absolute atomic E-state index is 14.2. The summed E-state index contributed by atoms with van der Waals surface area (Å²) >= 11 is 12.5. The Morgan fingerprint density at radius 2 is 1.71 bits per heavy atom. The molecular formula is C24H18Cl2F2N2O. The average molecular weight is 459 g/mol. The van der Waals surface area contributed by atoms with Gasteiger partial charge in [-0.25, -0.2) is 8.78 Å². The first-order valence-corrected chi connectivity index (χ1v) is 10.7. The van der Waals surface area contributed by atoms with Gasteiger partial charge in [0.05, 0.1) is 6.04 Å². The minimum Gasteiger partial charge on any atom is -0.325 e. The van der Waals surface area contributed by atoms with Crippen LogP contribution in [0.1, 0.15) is 35.1 Å². The Balaban J connectivity index is 1.78. The number of hydrogen-bond donors (Lipinski definition) is 2. The van der Waals surface area contributed by atoms with Crippen LogP contribution in [-0.4, -0.2) is 12.5 Å². The van der Waals surface area contributed by atoms with Crippen molar-refractivity contribution in [3.8, 4) is 0 Å². The number of fused-ring (bicyclic) bond motifs is 2. The molecule has 2 N–H and O–H groups in total. The summed E-state index contributed by atoms with van der Waals surface area (Å²) in [7, 11) is 0. The van der Waals surface area contributed by atoms with Crippen LogP contribution in [-0.2, 0) is 10.2 Å². The largest absolute Gasteiger partial charge is 0.325 e. The second-order valence-corrected chi connectivity index (χ2v) is 8.84. The number of carbonyl (C=O) groups is 1. The van der Waals surface area contributed by atoms with Gasteiger partial charge < -0.3 is 10.6 Å². The summed E-state index contributed by atoms with van der Waals surface area (Å²) in [5, 5.41) is 7.45. The van der Waals surface area contributed by atoms with Crippen LogP contribution in [0.2, 0.25) is 10.0 Å². The predicted molar refractivity (Wildman–Crippen MR) is 118 cm³/mol. The first-order chi connectivity index (χ1) is 14.9. The molecule has 1 fully saturated rings. The highest BCUT2D eigenvalue weighted by Gasteiger charge is 2.59. The average Bonchev–Trinajstić information content (AvgIpc) is 3.01. The van der Waals surface area contributed by atoms with E-state index >= 15 is 0 Å². The van der Waals surface area contributed by atoms with Crippen molar-refractivity contribution in [2.24, 2.45) is 0 Å². The van der Waals surface area contributed by atoms with E-state index in [1.54, 1.807) is 18.2 Å². The normalized spacial score (nSPS) is 24.8. The first kappa shape index (κ1) is 20.4. The minimum absolute atomic E-state index is 0.211. The summed E-state index contributed by atoms with van der Waals surface area (Å²) in [4.78, 5) is 13.7. The number of anilines is 1. The fourth-order valence-corrected chi connectivity index (χ4v) is 5.52. The molecule has 1 amide bonds. The lowest BCUT2D eigenvalue weighted by Crippen LogP contribution is -2.55. The number of carbonyl (C=O) groups excluding carboxylic acids is 1. The number of hydrogen-bond acceptors (Lipinski definition) is 2. The molecule has 3 aromatic rings. The molecule has 31 heavy (non-hydrogen) atoms. The quantitative estimate of drug-likeness (QED) is 0.495. The lowest BCUT2D eigenvalue weighted by atomic mass is 9.59. The Morgan fingerprint density at radius 3 is 2.48 bits per heavy atom. The summed E-state index contributed by atoms with van der Waals surface area (Å²) in [6, 6.07) is 16.0. The molecule has 1 saturated heterocycles. The molecule has 158 valence electrons. The Labute approximate surface area is 188 Å². The zero-order valence-electron chi connectivity index (χ0n) is 16.3. The second kappa shape index (κ2) is 7.59. The van der Waals surface area contributed by atoms with Gasteiger partial charge in [-0.1, -0.05) is 47.5 Å². The van der Waals surface area contributed by atoms with Crippen molar-refractivity contribution >= 4 is 34.8 Å². The van der Waals surface area contributed by atoms with Crippen molar-refractivity contribution in [1.29, 1.82) is 0 Å². The van der Waals surface area contributed by atoms with E-state index in [1.807, 2.05) is 24.3 Å². The van der Waals surface area contributed by atoms with Gasteiger partial charge in [-0.2, -0.15) is 0 Å². The lowest BCUT2D eigenvalue weighted by molar-refractivity contribution is -0.123. The van der Waals surface area contributed by atoms with Gasteiger partial charge in [0, 0.05) is 21.7 Å². The highest BCUT2D eigenvalue weighted by molar-refractivity contribution is 6.31. The Bertz CT molecular complexity index is 1200. The number of piperidine rings is 1. The van der Waals surface area contributed by atoms with E-state index in [9.17, 15) is 13.6 Å². The van der Waals surface area contributed by atoms with Crippen molar-refractivity contribution in [3.63, 3.8) is 0 Å².